The number of aryl methyl sites for hydroxylation is 3. The van der Waals surface area contributed by atoms with Gasteiger partial charge in [-0.3, -0.25) is 0 Å². The van der Waals surface area contributed by atoms with E-state index in [1.165, 1.54) is 5.56 Å². The van der Waals surface area contributed by atoms with Gasteiger partial charge in [0.15, 0.2) is 0 Å². The maximum atomic E-state index is 11.1. The molecule has 0 saturated carbocycles. The van der Waals surface area contributed by atoms with Crippen LogP contribution in [-0.2, 0) is 0 Å². The van der Waals surface area contributed by atoms with E-state index in [0.29, 0.717) is 5.75 Å². The Bertz CT molecular complexity index is 831. The van der Waals surface area contributed by atoms with Gasteiger partial charge < -0.3 is 14.4 Å². The van der Waals surface area contributed by atoms with Crippen LogP contribution in [0.25, 0.3) is 5.69 Å². The van der Waals surface area contributed by atoms with Gasteiger partial charge in [0.2, 0.25) is 0 Å². The average Bonchev–Trinajstić information content (AvgIpc) is 3.07. The molecule has 1 heterocycles. The molecule has 1 unspecified atom stereocenters. The molecular formula is C20H22N2O2. The normalized spacial score (nSPS) is 12.2. The van der Waals surface area contributed by atoms with Crippen molar-refractivity contribution in [2.24, 2.45) is 0 Å². The third-order valence-corrected chi connectivity index (χ3v) is 4.32. The topological polar surface area (TPSA) is 47.3 Å². The molecule has 0 spiro atoms. The van der Waals surface area contributed by atoms with Crippen LogP contribution in [0.5, 0.6) is 5.75 Å². The van der Waals surface area contributed by atoms with Crippen LogP contribution in [0.4, 0.5) is 0 Å². The number of hydrogen-bond acceptors (Lipinski definition) is 3. The summed E-state index contributed by atoms with van der Waals surface area (Å²) in [5.41, 5.74) is 5.97. The molecule has 0 radical (unpaired) electrons. The third kappa shape index (κ3) is 2.93. The maximum absolute atomic E-state index is 11.1. The first-order valence-electron chi connectivity index (χ1n) is 7.93. The lowest BCUT2D eigenvalue weighted by Crippen LogP contribution is -2.08. The van der Waals surface area contributed by atoms with Crippen molar-refractivity contribution < 1.29 is 9.84 Å². The van der Waals surface area contributed by atoms with Crippen molar-refractivity contribution in [1.82, 2.24) is 9.55 Å². The fraction of sp³-hybridized carbons (Fsp3) is 0.250. The molecule has 24 heavy (non-hydrogen) atoms. The monoisotopic (exact) mass is 322 g/mol. The summed E-state index contributed by atoms with van der Waals surface area (Å²) in [5, 5.41) is 11.1. The Morgan fingerprint density at radius 1 is 1.08 bits per heavy atom. The highest BCUT2D eigenvalue weighted by Crippen LogP contribution is 2.35. The van der Waals surface area contributed by atoms with Crippen LogP contribution in [0.3, 0.4) is 0 Å². The van der Waals surface area contributed by atoms with Gasteiger partial charge in [0, 0.05) is 23.6 Å². The van der Waals surface area contributed by atoms with Crippen LogP contribution in [0.1, 0.15) is 33.9 Å². The Labute approximate surface area is 142 Å². The van der Waals surface area contributed by atoms with Gasteiger partial charge in [-0.05, 0) is 55.7 Å². The Balaban J connectivity index is 2.12. The van der Waals surface area contributed by atoms with Gasteiger partial charge in [-0.25, -0.2) is 4.98 Å². The highest BCUT2D eigenvalue weighted by molar-refractivity contribution is 5.51. The number of benzene rings is 2. The number of aliphatic hydroxyl groups excluding tert-OH is 1. The molecule has 124 valence electrons. The van der Waals surface area contributed by atoms with Crippen LogP contribution in [0.15, 0.2) is 49.1 Å². The Hall–Kier alpha value is -2.59. The largest absolute Gasteiger partial charge is 0.496 e. The molecule has 0 fully saturated rings. The van der Waals surface area contributed by atoms with Gasteiger partial charge in [-0.1, -0.05) is 17.7 Å². The van der Waals surface area contributed by atoms with E-state index in [4.69, 9.17) is 4.74 Å². The molecule has 0 aliphatic rings. The first kappa shape index (κ1) is 16.3. The fourth-order valence-corrected chi connectivity index (χ4v) is 3.29. The van der Waals surface area contributed by atoms with Crippen molar-refractivity contribution in [3.05, 3.63) is 76.9 Å². The molecule has 1 N–H and O–H groups in total. The van der Waals surface area contributed by atoms with Gasteiger partial charge in [0.1, 0.15) is 11.9 Å². The minimum absolute atomic E-state index is 0.672. The van der Waals surface area contributed by atoms with Gasteiger partial charge in [-0.2, -0.15) is 0 Å². The summed E-state index contributed by atoms with van der Waals surface area (Å²) in [7, 11) is 1.62. The average molecular weight is 322 g/mol. The second kappa shape index (κ2) is 6.49. The summed E-state index contributed by atoms with van der Waals surface area (Å²) in [6.45, 7) is 6.13. The predicted octanol–water partition coefficient (Wildman–Crippen LogP) is 3.89. The number of nitrogens with zero attached hydrogens (tertiary/aromatic N) is 2. The van der Waals surface area contributed by atoms with Crippen LogP contribution < -0.4 is 4.74 Å². The van der Waals surface area contributed by atoms with Crippen molar-refractivity contribution >= 4 is 0 Å². The number of ether oxygens (including phenoxy) is 1. The van der Waals surface area contributed by atoms with E-state index in [9.17, 15) is 5.11 Å². The van der Waals surface area contributed by atoms with E-state index >= 15 is 0 Å². The highest BCUT2D eigenvalue weighted by atomic mass is 16.5. The Kier molecular flexibility index (Phi) is 4.40. The molecule has 3 aromatic rings. The minimum atomic E-state index is -0.746. The van der Waals surface area contributed by atoms with Gasteiger partial charge in [-0.15, -0.1) is 0 Å². The highest BCUT2D eigenvalue weighted by Gasteiger charge is 2.20. The molecule has 0 saturated heterocycles. The zero-order chi connectivity index (χ0) is 17.3. The number of aromatic nitrogens is 2. The molecule has 2 aromatic carbocycles. The molecule has 0 aliphatic heterocycles. The molecule has 0 amide bonds. The second-order valence-corrected chi connectivity index (χ2v) is 6.11. The van der Waals surface area contributed by atoms with Crippen molar-refractivity contribution in [1.29, 1.82) is 0 Å². The molecule has 4 heteroatoms. The van der Waals surface area contributed by atoms with E-state index in [1.54, 1.807) is 19.6 Å². The second-order valence-electron chi connectivity index (χ2n) is 6.11. The number of methoxy groups -OCH3 is 1. The quantitative estimate of drug-likeness (QED) is 0.793. The van der Waals surface area contributed by atoms with E-state index in [2.05, 4.69) is 24.0 Å². The maximum Gasteiger partial charge on any atom is 0.125 e. The zero-order valence-electron chi connectivity index (χ0n) is 14.4. The lowest BCUT2D eigenvalue weighted by Gasteiger charge is -2.21. The van der Waals surface area contributed by atoms with E-state index < -0.39 is 6.10 Å². The summed E-state index contributed by atoms with van der Waals surface area (Å²) in [6, 6.07) is 9.97. The fourth-order valence-electron chi connectivity index (χ4n) is 3.29. The Morgan fingerprint density at radius 2 is 1.79 bits per heavy atom. The number of hydrogen-bond donors (Lipinski definition) is 1. The molecule has 3 rings (SSSR count). The van der Waals surface area contributed by atoms with Gasteiger partial charge in [0.25, 0.3) is 0 Å². The Morgan fingerprint density at radius 3 is 2.38 bits per heavy atom. The first-order chi connectivity index (χ1) is 11.5. The van der Waals surface area contributed by atoms with Crippen molar-refractivity contribution in [3.8, 4) is 11.4 Å². The van der Waals surface area contributed by atoms with Gasteiger partial charge >= 0.3 is 0 Å². The summed E-state index contributed by atoms with van der Waals surface area (Å²) < 4.78 is 7.39. The summed E-state index contributed by atoms with van der Waals surface area (Å²) in [6.07, 6.45) is 4.60. The van der Waals surface area contributed by atoms with Crippen molar-refractivity contribution in [2.75, 3.05) is 7.11 Å². The van der Waals surface area contributed by atoms with Crippen molar-refractivity contribution in [2.45, 2.75) is 26.9 Å². The lowest BCUT2D eigenvalue weighted by atomic mass is 9.91. The van der Waals surface area contributed by atoms with Crippen LogP contribution in [0, 0.1) is 20.8 Å². The summed E-state index contributed by atoms with van der Waals surface area (Å²) in [5.74, 6) is 0.672. The van der Waals surface area contributed by atoms with Crippen LogP contribution in [-0.4, -0.2) is 21.8 Å². The standard InChI is InChI=1S/C20H22N2O2/c1-13-9-14(2)19(15(3)10-13)20(23)17-11-16(5-6-18(17)24-4)22-8-7-21-12-22/h5-12,20,23H,1-4H3. The number of rotatable bonds is 4. The van der Waals surface area contributed by atoms with Gasteiger partial charge in [0.05, 0.1) is 13.4 Å². The lowest BCUT2D eigenvalue weighted by molar-refractivity contribution is 0.213. The molecule has 1 atom stereocenters. The van der Waals surface area contributed by atoms with E-state index in [1.807, 2.05) is 42.8 Å². The smallest absolute Gasteiger partial charge is 0.125 e. The van der Waals surface area contributed by atoms with Crippen molar-refractivity contribution in [3.63, 3.8) is 0 Å². The van der Waals surface area contributed by atoms with E-state index in [0.717, 1.165) is 27.9 Å². The minimum Gasteiger partial charge on any atom is -0.496 e. The molecule has 1 aromatic heterocycles. The zero-order valence-corrected chi connectivity index (χ0v) is 14.4. The third-order valence-electron chi connectivity index (χ3n) is 4.32. The molecule has 0 aliphatic carbocycles. The molecule has 0 bridgehead atoms. The summed E-state index contributed by atoms with van der Waals surface area (Å²) in [4.78, 5) is 4.08. The van der Waals surface area contributed by atoms with Crippen LogP contribution >= 0.6 is 0 Å². The number of aliphatic hydroxyl groups is 1. The van der Waals surface area contributed by atoms with Crippen LogP contribution in [0.2, 0.25) is 0 Å². The van der Waals surface area contributed by atoms with E-state index in [-0.39, 0.29) is 0 Å². The SMILES string of the molecule is COc1ccc(-n2ccnc2)cc1C(O)c1c(C)cc(C)cc1C. The molecule has 4 nitrogen and oxygen atoms in total. The predicted molar refractivity (Wildman–Crippen MR) is 94.8 cm³/mol. The summed E-state index contributed by atoms with van der Waals surface area (Å²) >= 11 is 0. The number of imidazole rings is 1. The molecular weight excluding hydrogens is 300 g/mol. The first-order valence-corrected chi connectivity index (χ1v) is 7.93.